The van der Waals surface area contributed by atoms with E-state index >= 15 is 0 Å². The molecule has 0 bridgehead atoms. The lowest BCUT2D eigenvalue weighted by Crippen LogP contribution is -2.37. The van der Waals surface area contributed by atoms with E-state index < -0.39 is 0 Å². The van der Waals surface area contributed by atoms with Gasteiger partial charge in [-0.1, -0.05) is 37.3 Å². The third-order valence-electron chi connectivity index (χ3n) is 3.32. The van der Waals surface area contributed by atoms with Gasteiger partial charge in [-0.25, -0.2) is 0 Å². The number of carbonyl (C=O) groups is 1. The van der Waals surface area contributed by atoms with Crippen LogP contribution in [0.3, 0.4) is 0 Å². The molecule has 0 saturated heterocycles. The first-order valence-electron chi connectivity index (χ1n) is 6.75. The Balaban J connectivity index is 2.59. The molecule has 2 unspecified atom stereocenters. The Hall–Kier alpha value is -1.39. The van der Waals surface area contributed by atoms with Crippen LogP contribution in [0.4, 0.5) is 0 Å². The zero-order valence-corrected chi connectivity index (χ0v) is 12.1. The molecule has 0 fully saturated rings. The van der Waals surface area contributed by atoms with Gasteiger partial charge < -0.3 is 16.0 Å². The standard InChI is InChI=1S/C15H25N3O/c1-12(9-10-16)15(19)17-11-14(18(2)3)13-7-5-4-6-8-13/h4-8,12,14H,9-11,16H2,1-3H3,(H,17,19). The molecule has 0 spiro atoms. The molecular weight excluding hydrogens is 238 g/mol. The van der Waals surface area contributed by atoms with Crippen LogP contribution in [0.2, 0.25) is 0 Å². The summed E-state index contributed by atoms with van der Waals surface area (Å²) in [6, 6.07) is 10.4. The van der Waals surface area contributed by atoms with Crippen LogP contribution in [-0.2, 0) is 4.79 Å². The van der Waals surface area contributed by atoms with E-state index in [0.29, 0.717) is 13.1 Å². The highest BCUT2D eigenvalue weighted by Gasteiger charge is 2.17. The van der Waals surface area contributed by atoms with Gasteiger partial charge in [-0.05, 0) is 32.6 Å². The van der Waals surface area contributed by atoms with Gasteiger partial charge in [-0.15, -0.1) is 0 Å². The maximum atomic E-state index is 11.9. The minimum absolute atomic E-state index is 0.0245. The van der Waals surface area contributed by atoms with Crippen molar-refractivity contribution in [2.75, 3.05) is 27.2 Å². The number of hydrogen-bond donors (Lipinski definition) is 2. The second kappa shape index (κ2) is 7.92. The third kappa shape index (κ3) is 5.01. The molecule has 1 aromatic carbocycles. The Labute approximate surface area is 116 Å². The zero-order chi connectivity index (χ0) is 14.3. The number of amides is 1. The Morgan fingerprint density at radius 2 is 1.95 bits per heavy atom. The summed E-state index contributed by atoms with van der Waals surface area (Å²) >= 11 is 0. The van der Waals surface area contributed by atoms with Crippen molar-refractivity contribution in [2.24, 2.45) is 11.7 Å². The molecule has 1 aromatic rings. The van der Waals surface area contributed by atoms with Gasteiger partial charge in [0.15, 0.2) is 0 Å². The fourth-order valence-electron chi connectivity index (χ4n) is 2.03. The summed E-state index contributed by atoms with van der Waals surface area (Å²) in [6.07, 6.45) is 0.726. The van der Waals surface area contributed by atoms with E-state index in [1.165, 1.54) is 5.56 Å². The number of rotatable bonds is 7. The molecule has 0 aliphatic rings. The number of carbonyl (C=O) groups excluding carboxylic acids is 1. The summed E-state index contributed by atoms with van der Waals surface area (Å²) in [5.74, 6) is 0.0526. The summed E-state index contributed by atoms with van der Waals surface area (Å²) < 4.78 is 0. The average Bonchev–Trinajstić information content (AvgIpc) is 2.39. The molecule has 0 aromatic heterocycles. The average molecular weight is 263 g/mol. The number of benzene rings is 1. The first-order chi connectivity index (χ1) is 9.06. The number of likely N-dealkylation sites (N-methyl/N-ethyl adjacent to an activating group) is 1. The topological polar surface area (TPSA) is 58.4 Å². The molecule has 106 valence electrons. The highest BCUT2D eigenvalue weighted by Crippen LogP contribution is 2.16. The van der Waals surface area contributed by atoms with Gasteiger partial charge in [0.25, 0.3) is 0 Å². The van der Waals surface area contributed by atoms with Gasteiger partial charge in [0.2, 0.25) is 5.91 Å². The molecule has 0 aliphatic heterocycles. The lowest BCUT2D eigenvalue weighted by atomic mass is 10.0. The molecule has 19 heavy (non-hydrogen) atoms. The van der Waals surface area contributed by atoms with Crippen molar-refractivity contribution in [1.29, 1.82) is 0 Å². The van der Waals surface area contributed by atoms with Gasteiger partial charge >= 0.3 is 0 Å². The van der Waals surface area contributed by atoms with Gasteiger partial charge in [0, 0.05) is 12.5 Å². The van der Waals surface area contributed by atoms with E-state index in [-0.39, 0.29) is 17.9 Å². The lowest BCUT2D eigenvalue weighted by Gasteiger charge is -2.25. The van der Waals surface area contributed by atoms with Crippen LogP contribution < -0.4 is 11.1 Å². The van der Waals surface area contributed by atoms with Crippen LogP contribution in [0.1, 0.15) is 24.9 Å². The molecule has 1 amide bonds. The van der Waals surface area contributed by atoms with E-state index in [4.69, 9.17) is 5.73 Å². The van der Waals surface area contributed by atoms with Crippen molar-refractivity contribution in [1.82, 2.24) is 10.2 Å². The molecule has 0 radical (unpaired) electrons. The number of nitrogens with zero attached hydrogens (tertiary/aromatic N) is 1. The molecular formula is C15H25N3O. The Bertz CT molecular complexity index is 378. The van der Waals surface area contributed by atoms with Gasteiger partial charge in [0.1, 0.15) is 0 Å². The summed E-state index contributed by atoms with van der Waals surface area (Å²) in [5, 5.41) is 3.01. The predicted molar refractivity (Wildman–Crippen MR) is 78.7 cm³/mol. The predicted octanol–water partition coefficient (Wildman–Crippen LogP) is 1.39. The number of nitrogens with one attached hydrogen (secondary N) is 1. The SMILES string of the molecule is CC(CCN)C(=O)NCC(c1ccccc1)N(C)C. The zero-order valence-electron chi connectivity index (χ0n) is 12.1. The van der Waals surface area contributed by atoms with Crippen LogP contribution in [0.5, 0.6) is 0 Å². The number of hydrogen-bond acceptors (Lipinski definition) is 3. The van der Waals surface area contributed by atoms with E-state index in [9.17, 15) is 4.79 Å². The van der Waals surface area contributed by atoms with E-state index in [0.717, 1.165) is 6.42 Å². The van der Waals surface area contributed by atoms with Crippen LogP contribution >= 0.6 is 0 Å². The van der Waals surface area contributed by atoms with Crippen LogP contribution in [0.15, 0.2) is 30.3 Å². The highest BCUT2D eigenvalue weighted by atomic mass is 16.1. The van der Waals surface area contributed by atoms with E-state index in [1.807, 2.05) is 39.2 Å². The third-order valence-corrected chi connectivity index (χ3v) is 3.32. The van der Waals surface area contributed by atoms with Crippen LogP contribution in [0.25, 0.3) is 0 Å². The summed E-state index contributed by atoms with van der Waals surface area (Å²) in [6.45, 7) is 3.07. The normalized spacial score (nSPS) is 14.2. The summed E-state index contributed by atoms with van der Waals surface area (Å²) in [4.78, 5) is 14.0. The summed E-state index contributed by atoms with van der Waals surface area (Å²) in [7, 11) is 4.04. The van der Waals surface area contributed by atoms with Crippen molar-refractivity contribution < 1.29 is 4.79 Å². The van der Waals surface area contributed by atoms with Crippen LogP contribution in [0, 0.1) is 5.92 Å². The Morgan fingerprint density at radius 3 is 2.47 bits per heavy atom. The molecule has 4 nitrogen and oxygen atoms in total. The molecule has 3 N–H and O–H groups in total. The van der Waals surface area contributed by atoms with E-state index in [2.05, 4.69) is 22.3 Å². The lowest BCUT2D eigenvalue weighted by molar-refractivity contribution is -0.124. The maximum Gasteiger partial charge on any atom is 0.222 e. The van der Waals surface area contributed by atoms with Crippen molar-refractivity contribution in [2.45, 2.75) is 19.4 Å². The minimum Gasteiger partial charge on any atom is -0.354 e. The second-order valence-electron chi connectivity index (χ2n) is 5.11. The maximum absolute atomic E-state index is 11.9. The largest absolute Gasteiger partial charge is 0.354 e. The molecule has 0 heterocycles. The van der Waals surface area contributed by atoms with Crippen molar-refractivity contribution in [3.8, 4) is 0 Å². The molecule has 1 rings (SSSR count). The van der Waals surface area contributed by atoms with Crippen LogP contribution in [-0.4, -0.2) is 38.0 Å². The summed E-state index contributed by atoms with van der Waals surface area (Å²) in [5.41, 5.74) is 6.68. The quantitative estimate of drug-likeness (QED) is 0.781. The smallest absolute Gasteiger partial charge is 0.222 e. The highest BCUT2D eigenvalue weighted by molar-refractivity contribution is 5.78. The number of nitrogens with two attached hydrogens (primary N) is 1. The van der Waals surface area contributed by atoms with Gasteiger partial charge in [-0.2, -0.15) is 0 Å². The van der Waals surface area contributed by atoms with Gasteiger partial charge in [-0.3, -0.25) is 4.79 Å². The van der Waals surface area contributed by atoms with Crippen molar-refractivity contribution in [3.05, 3.63) is 35.9 Å². The second-order valence-corrected chi connectivity index (χ2v) is 5.11. The van der Waals surface area contributed by atoms with Gasteiger partial charge in [0.05, 0.1) is 6.04 Å². The fourth-order valence-corrected chi connectivity index (χ4v) is 2.03. The Morgan fingerprint density at radius 1 is 1.32 bits per heavy atom. The fraction of sp³-hybridized carbons (Fsp3) is 0.533. The monoisotopic (exact) mass is 263 g/mol. The molecule has 0 aliphatic carbocycles. The molecule has 0 saturated carbocycles. The first-order valence-corrected chi connectivity index (χ1v) is 6.75. The van der Waals surface area contributed by atoms with E-state index in [1.54, 1.807) is 0 Å². The van der Waals surface area contributed by atoms with Crippen molar-refractivity contribution >= 4 is 5.91 Å². The first kappa shape index (κ1) is 15.7. The van der Waals surface area contributed by atoms with Crippen molar-refractivity contribution in [3.63, 3.8) is 0 Å². The Kier molecular flexibility index (Phi) is 6.53. The molecule has 2 atom stereocenters. The minimum atomic E-state index is -0.0245. The molecule has 4 heteroatoms.